The van der Waals surface area contributed by atoms with Crippen LogP contribution in [0.1, 0.15) is 125 Å². The molecular formula is C64H100ILiO17W4Y4-12. The quantitative estimate of drug-likeness (QED) is 0.0159. The monoisotopic (exact) mass is 2370 g/mol. The van der Waals surface area contributed by atoms with Crippen LogP contribution in [0, 0.1) is 101 Å². The molecule has 514 valence electrons. The smallest absolute Gasteiger partial charge is 0.870 e. The van der Waals surface area contributed by atoms with Crippen LogP contribution in [0.4, 0.5) is 0 Å². The van der Waals surface area contributed by atoms with Crippen LogP contribution in [-0.4, -0.2) is 141 Å². The van der Waals surface area contributed by atoms with Crippen LogP contribution in [0.2, 0.25) is 0 Å². The van der Waals surface area contributed by atoms with Gasteiger partial charge in [0.05, 0.1) is 0 Å². The van der Waals surface area contributed by atoms with Crippen molar-refractivity contribution in [3.8, 4) is 0 Å². The molecule has 0 spiro atoms. The number of carboxylic acid groups (broad SMARTS) is 1. The number of carbonyl (C=O) groups is 4. The Morgan fingerprint density at radius 2 is 0.681 bits per heavy atom. The van der Waals surface area contributed by atoms with Gasteiger partial charge in [0.1, 0.15) is 0 Å². The second-order valence-corrected chi connectivity index (χ2v) is 23.0. The van der Waals surface area contributed by atoms with Gasteiger partial charge < -0.3 is 5.48 Å². The number of methoxy groups -OCH3 is 3. The normalized spacial score (nSPS) is 20.1. The van der Waals surface area contributed by atoms with Gasteiger partial charge in [0.15, 0.2) is 0 Å². The van der Waals surface area contributed by atoms with E-state index in [-0.39, 0.29) is 247 Å². The molecule has 0 saturated heterocycles. The third-order valence-electron chi connectivity index (χ3n) is 11.3. The van der Waals surface area contributed by atoms with Gasteiger partial charge in [-0.2, -0.15) is 0 Å². The molecule has 27 heteroatoms. The van der Waals surface area contributed by atoms with Crippen molar-refractivity contribution < 1.29 is 314 Å². The van der Waals surface area contributed by atoms with Gasteiger partial charge in [-0.15, -0.1) is 24.0 Å². The van der Waals surface area contributed by atoms with Gasteiger partial charge in [0, 0.05) is 134 Å². The summed E-state index contributed by atoms with van der Waals surface area (Å²) in [7, 11) is 4.49. The molecule has 4 aliphatic carbocycles. The summed E-state index contributed by atoms with van der Waals surface area (Å²) in [6, 6.07) is 0. The summed E-state index contributed by atoms with van der Waals surface area (Å²) < 4.78 is 33.2. The third-order valence-corrected chi connectivity index (χ3v) is 19.0. The minimum Gasteiger partial charge on any atom is -0.870 e. The third kappa shape index (κ3) is 48.3. The van der Waals surface area contributed by atoms with E-state index < -0.39 is 60.1 Å². The van der Waals surface area contributed by atoms with Gasteiger partial charge in [-0.05, 0) is 0 Å². The number of rotatable bonds is 18. The maximum atomic E-state index is 11.7. The number of carboxylic acids is 1. The molecule has 17 nitrogen and oxygen atoms in total. The van der Waals surface area contributed by atoms with E-state index in [0.717, 1.165) is 102 Å². The first kappa shape index (κ1) is 121. The van der Waals surface area contributed by atoms with Crippen molar-refractivity contribution in [2.75, 3.05) is 41.2 Å². The van der Waals surface area contributed by atoms with Gasteiger partial charge in [-0.1, -0.05) is 50.0 Å². The number of carbonyl (C=O) groups excluding carboxylic acids is 3. The first-order chi connectivity index (χ1) is 38.4. The molecular weight excluding hydrogens is 2270 g/mol. The SMILES string of the molecule is C.C.C.CC.CC.I.[CH-]=C(C=C1C[CH-]C[CH-]C(C(O)C(=O)O)[C]1=[W])OC.[CH-]=C(C=C1C[CH-]C[CH-]C(C(O)C(=O)OCC)[C]1=[W])OC.[CH-]=C(C=C1C[CH-]C[CH-]C(C(O)C(=O)OCC)[C]1=[W])OC.[CH-]=C(O)C=C1C[CH-]C[CH-]C(C(O)C(=O)OCC)[C]1=[W].[HH].[HH].[Li+].[OH-].[Y].[Y].[Y].[Y]. The molecule has 0 aliphatic heterocycles. The molecule has 7 N–H and O–H groups in total. The Bertz CT molecular complexity index is 2210. The van der Waals surface area contributed by atoms with E-state index in [9.17, 15) is 39.6 Å². The van der Waals surface area contributed by atoms with Crippen LogP contribution >= 0.6 is 24.0 Å². The summed E-state index contributed by atoms with van der Waals surface area (Å²) in [5.74, 6) is -3.88. The van der Waals surface area contributed by atoms with Crippen molar-refractivity contribution in [1.82, 2.24) is 0 Å². The molecule has 0 aromatic rings. The van der Waals surface area contributed by atoms with Gasteiger partial charge in [0.25, 0.3) is 0 Å². The van der Waals surface area contributed by atoms with Gasteiger partial charge in [-0.3, -0.25) is 0 Å². The van der Waals surface area contributed by atoms with Crippen molar-refractivity contribution in [1.29, 1.82) is 0 Å². The van der Waals surface area contributed by atoms with Crippen LogP contribution in [0.5, 0.6) is 0 Å². The van der Waals surface area contributed by atoms with E-state index in [1.165, 1.54) is 66.1 Å². The average Bonchev–Trinajstić information content (AvgIpc) is 3.92. The van der Waals surface area contributed by atoms with E-state index in [0.29, 0.717) is 37.2 Å². The van der Waals surface area contributed by atoms with E-state index in [1.807, 2.05) is 66.2 Å². The Hall–Kier alpha value is 2.78. The van der Waals surface area contributed by atoms with Crippen LogP contribution in [-0.2, 0) is 256 Å². The maximum absolute atomic E-state index is 11.7. The Labute approximate surface area is 724 Å². The van der Waals surface area contributed by atoms with Crippen LogP contribution in [0.15, 0.2) is 69.6 Å². The minimum absolute atomic E-state index is 0. The fraction of sp³-hybridized carbons (Fsp3) is 0.500. The second-order valence-electron chi connectivity index (χ2n) is 16.7. The minimum atomic E-state index is -1.41. The van der Waals surface area contributed by atoms with Crippen LogP contribution in [0.25, 0.3) is 0 Å². The number of aliphatic carboxylic acids is 1. The number of aliphatic hydroxyl groups is 5. The summed E-state index contributed by atoms with van der Waals surface area (Å²) in [6.45, 7) is 36.1. The fourth-order valence-corrected chi connectivity index (χ4v) is 12.6. The van der Waals surface area contributed by atoms with E-state index in [4.69, 9.17) is 64.9 Å². The summed E-state index contributed by atoms with van der Waals surface area (Å²) >= 11 is 4.63. The Kier molecular flexibility index (Phi) is 96.2. The molecule has 0 heterocycles. The molecule has 0 aromatic carbocycles. The fourth-order valence-electron chi connectivity index (χ4n) is 7.37. The molecule has 4 rings (SSSR count). The summed E-state index contributed by atoms with van der Waals surface area (Å²) in [6.07, 6.45) is 23.1. The van der Waals surface area contributed by atoms with Crippen molar-refractivity contribution in [3.05, 3.63) is 147 Å². The van der Waals surface area contributed by atoms with Crippen molar-refractivity contribution in [2.45, 2.75) is 147 Å². The van der Waals surface area contributed by atoms with Crippen LogP contribution < -0.4 is 18.9 Å². The number of halogens is 1. The predicted molar refractivity (Wildman–Crippen MR) is 339 cm³/mol. The zero-order valence-electron chi connectivity index (χ0n) is 52.2. The van der Waals surface area contributed by atoms with Crippen LogP contribution in [0.3, 0.4) is 0 Å². The first-order valence-corrected chi connectivity index (χ1v) is 32.2. The molecule has 8 unspecified atom stereocenters. The van der Waals surface area contributed by atoms with E-state index in [1.54, 1.807) is 39.0 Å². The summed E-state index contributed by atoms with van der Waals surface area (Å²) in [5, 5.41) is 58.1. The number of esters is 3. The summed E-state index contributed by atoms with van der Waals surface area (Å²) in [5.41, 5.74) is 3.74. The average molecular weight is 2370 g/mol. The number of allylic oxidation sites excluding steroid dienone is 8. The molecule has 0 aromatic heterocycles. The number of aliphatic hydroxyl groups excluding tert-OH is 5. The first-order valence-electron chi connectivity index (χ1n) is 26.3. The molecule has 4 radical (unpaired) electrons. The molecule has 4 fully saturated rings. The molecule has 0 bridgehead atoms. The largest absolute Gasteiger partial charge is 1.00 e. The zero-order valence-corrected chi connectivity index (χ0v) is 77.6. The number of hydrogen-bond donors (Lipinski definition) is 6. The molecule has 0 amide bonds. The molecule has 4 aliphatic rings. The molecule has 8 atom stereocenters. The number of hydrogen-bond acceptors (Lipinski definition) is 16. The maximum Gasteiger partial charge on any atom is 1.00 e. The zero-order chi connectivity index (χ0) is 62.4. The Morgan fingerprint density at radius 1 is 0.484 bits per heavy atom. The van der Waals surface area contributed by atoms with Crippen molar-refractivity contribution >= 4 is 63.4 Å². The topological polar surface area (TPSA) is 275 Å². The van der Waals surface area contributed by atoms with Crippen molar-refractivity contribution in [3.63, 3.8) is 0 Å². The van der Waals surface area contributed by atoms with Crippen molar-refractivity contribution in [2.24, 2.45) is 23.7 Å². The molecule has 91 heavy (non-hydrogen) atoms. The van der Waals surface area contributed by atoms with Gasteiger partial charge >= 0.3 is 523 Å². The standard InChI is InChI=1S/2C15H19O4.C14H17O4.C13H15O4.2C2H6.3CH4.HI.Li.H2O.4W.4Y.2H2/c2*1-4-19-15(17)14(16)13-8-6-5-7-12(10-13)9-11(2)18-3;1-3-18-14(17)13(16)12-7-5-4-6-11(9-12)8-10(2)15;1-9(17-2)7-10-5-3-4-6-11(8-10)12(14)13(15)16;2*1-2;;;;;;;;;;;;;;;;/h2*2,5,8-9,13-14,16H,4,6-7H2,1,3H3;2,4,7-8,12-13,15-16H,3,5-6H2,1H3;1,3,6-7,11-12,14H,4-5H2,2H3,(H,15,16);2*1-2H3;3*1H4;1H;;1H2;;;;;;;;;2*1H/q4*-3;;;;;;;+1;;;;;;;;;;;/p-1. The van der Waals surface area contributed by atoms with Gasteiger partial charge in [0.2, 0.25) is 0 Å². The number of ether oxygens (including phenoxy) is 6. The predicted octanol–water partition coefficient (Wildman–Crippen LogP) is 6.67. The summed E-state index contributed by atoms with van der Waals surface area (Å²) in [4.78, 5) is 45.9. The van der Waals surface area contributed by atoms with Gasteiger partial charge in [-0.25, -0.2) is 0 Å². The second kappa shape index (κ2) is 72.6. The van der Waals surface area contributed by atoms with E-state index in [2.05, 4.69) is 12.8 Å². The Morgan fingerprint density at radius 3 is 0.857 bits per heavy atom. The molecule has 4 saturated carbocycles. The Balaban J connectivity index is -0.0000000702. The van der Waals surface area contributed by atoms with E-state index >= 15 is 0 Å².